The summed E-state index contributed by atoms with van der Waals surface area (Å²) in [5.74, 6) is 0.0879. The lowest BCUT2D eigenvalue weighted by molar-refractivity contribution is -0.121. The number of ether oxygens (including phenoxy) is 2. The number of rotatable bonds is 6. The molecule has 0 spiro atoms. The van der Waals surface area contributed by atoms with Gasteiger partial charge in [-0.2, -0.15) is 8.78 Å². The van der Waals surface area contributed by atoms with Crippen LogP contribution in [-0.4, -0.2) is 31.6 Å². The number of alkyl halides is 2. The van der Waals surface area contributed by atoms with Crippen molar-refractivity contribution in [3.05, 3.63) is 48.5 Å². The quantitative estimate of drug-likeness (QED) is 0.858. The number of anilines is 2. The zero-order valence-corrected chi connectivity index (χ0v) is 13.7. The van der Waals surface area contributed by atoms with Gasteiger partial charge in [0.15, 0.2) is 6.61 Å². The Bertz CT molecular complexity index is 796. The number of carbonyl (C=O) groups excluding carboxylic acids is 2. The summed E-state index contributed by atoms with van der Waals surface area (Å²) < 4.78 is 33.8. The molecule has 6 nitrogen and oxygen atoms in total. The van der Waals surface area contributed by atoms with Gasteiger partial charge in [0.2, 0.25) is 5.91 Å². The normalized spacial score (nSPS) is 13.2. The molecule has 0 bridgehead atoms. The maximum Gasteiger partial charge on any atom is 0.387 e. The second kappa shape index (κ2) is 7.81. The topological polar surface area (TPSA) is 67.9 Å². The zero-order valence-electron chi connectivity index (χ0n) is 13.7. The van der Waals surface area contributed by atoms with Crippen molar-refractivity contribution >= 4 is 23.2 Å². The highest BCUT2D eigenvalue weighted by atomic mass is 19.3. The number of hydrogen-bond donors (Lipinski definition) is 1. The van der Waals surface area contributed by atoms with Gasteiger partial charge in [0.1, 0.15) is 11.5 Å². The first-order valence-corrected chi connectivity index (χ1v) is 7.90. The van der Waals surface area contributed by atoms with E-state index < -0.39 is 6.61 Å². The lowest BCUT2D eigenvalue weighted by Gasteiger charge is -2.29. The summed E-state index contributed by atoms with van der Waals surface area (Å²) in [7, 11) is 0. The fraction of sp³-hybridized carbons (Fsp3) is 0.222. The molecule has 0 saturated heterocycles. The minimum Gasteiger partial charge on any atom is -0.482 e. The van der Waals surface area contributed by atoms with Gasteiger partial charge in [0, 0.05) is 18.7 Å². The molecule has 0 aromatic heterocycles. The van der Waals surface area contributed by atoms with Crippen molar-refractivity contribution in [1.29, 1.82) is 0 Å². The van der Waals surface area contributed by atoms with Crippen LogP contribution in [0.1, 0.15) is 6.42 Å². The molecular weight excluding hydrogens is 346 g/mol. The predicted molar refractivity (Wildman–Crippen MR) is 90.6 cm³/mol. The minimum absolute atomic E-state index is 0.00789. The Hall–Kier alpha value is -3.16. The number of benzene rings is 2. The number of para-hydroxylation sites is 2. The van der Waals surface area contributed by atoms with Gasteiger partial charge < -0.3 is 19.7 Å². The molecule has 1 aliphatic rings. The van der Waals surface area contributed by atoms with Crippen molar-refractivity contribution < 1.29 is 27.8 Å². The molecular formula is C18H16F2N2O4. The van der Waals surface area contributed by atoms with E-state index in [1.165, 1.54) is 29.2 Å². The van der Waals surface area contributed by atoms with E-state index in [1.807, 2.05) is 0 Å². The highest BCUT2D eigenvalue weighted by molar-refractivity contribution is 5.99. The van der Waals surface area contributed by atoms with Crippen LogP contribution in [0.15, 0.2) is 48.5 Å². The summed E-state index contributed by atoms with van der Waals surface area (Å²) in [5, 5.41) is 2.65. The molecule has 136 valence electrons. The maximum absolute atomic E-state index is 12.1. The SMILES string of the molecule is O=C(CCN1C(=O)COc2ccccc21)Nc1ccc(OC(F)F)cc1. The molecule has 8 heteroatoms. The summed E-state index contributed by atoms with van der Waals surface area (Å²) in [6.45, 7) is -2.76. The minimum atomic E-state index is -2.90. The van der Waals surface area contributed by atoms with Gasteiger partial charge in [-0.05, 0) is 36.4 Å². The summed E-state index contributed by atoms with van der Waals surface area (Å²) in [4.78, 5) is 25.7. The first-order chi connectivity index (χ1) is 12.5. The molecule has 0 unspecified atom stereocenters. The van der Waals surface area contributed by atoms with E-state index >= 15 is 0 Å². The van der Waals surface area contributed by atoms with E-state index in [9.17, 15) is 18.4 Å². The third kappa shape index (κ3) is 4.27. The third-order valence-electron chi connectivity index (χ3n) is 3.73. The van der Waals surface area contributed by atoms with E-state index in [4.69, 9.17) is 4.74 Å². The Balaban J connectivity index is 1.57. The van der Waals surface area contributed by atoms with Gasteiger partial charge in [0.25, 0.3) is 5.91 Å². The summed E-state index contributed by atoms with van der Waals surface area (Å²) >= 11 is 0. The average molecular weight is 362 g/mol. The van der Waals surface area contributed by atoms with Gasteiger partial charge in [-0.15, -0.1) is 0 Å². The highest BCUT2D eigenvalue weighted by Gasteiger charge is 2.25. The summed E-state index contributed by atoms with van der Waals surface area (Å²) in [5.41, 5.74) is 1.08. The lowest BCUT2D eigenvalue weighted by atomic mass is 10.2. The van der Waals surface area contributed by atoms with Crippen LogP contribution in [-0.2, 0) is 9.59 Å². The van der Waals surface area contributed by atoms with Crippen LogP contribution in [0.2, 0.25) is 0 Å². The first-order valence-electron chi connectivity index (χ1n) is 7.90. The molecule has 0 fully saturated rings. The molecule has 0 saturated carbocycles. The molecule has 0 atom stereocenters. The molecule has 1 heterocycles. The number of hydrogen-bond acceptors (Lipinski definition) is 4. The fourth-order valence-electron chi connectivity index (χ4n) is 2.56. The molecule has 2 amide bonds. The van der Waals surface area contributed by atoms with E-state index in [0.29, 0.717) is 17.1 Å². The second-order valence-electron chi connectivity index (χ2n) is 5.50. The number of halogens is 2. The van der Waals surface area contributed by atoms with Gasteiger partial charge in [0.05, 0.1) is 5.69 Å². The van der Waals surface area contributed by atoms with E-state index in [1.54, 1.807) is 24.3 Å². The number of nitrogens with one attached hydrogen (secondary N) is 1. The van der Waals surface area contributed by atoms with E-state index in [-0.39, 0.29) is 37.1 Å². The number of fused-ring (bicyclic) bond motifs is 1. The molecule has 0 aliphatic carbocycles. The number of carbonyl (C=O) groups is 2. The van der Waals surface area contributed by atoms with Crippen LogP contribution < -0.4 is 19.7 Å². The fourth-order valence-corrected chi connectivity index (χ4v) is 2.56. The Morgan fingerprint density at radius 1 is 1.19 bits per heavy atom. The van der Waals surface area contributed by atoms with Crippen molar-refractivity contribution in [3.8, 4) is 11.5 Å². The molecule has 1 N–H and O–H groups in total. The van der Waals surface area contributed by atoms with Crippen LogP contribution in [0, 0.1) is 0 Å². The van der Waals surface area contributed by atoms with Crippen molar-refractivity contribution in [3.63, 3.8) is 0 Å². The molecule has 1 aliphatic heterocycles. The van der Waals surface area contributed by atoms with Crippen LogP contribution in [0.4, 0.5) is 20.2 Å². The Kier molecular flexibility index (Phi) is 5.31. The van der Waals surface area contributed by atoms with Crippen LogP contribution in [0.25, 0.3) is 0 Å². The standard InChI is InChI=1S/C18H16F2N2O4/c19-18(20)26-13-7-5-12(6-8-13)21-16(23)9-10-22-14-3-1-2-4-15(14)25-11-17(22)24/h1-8,18H,9-11H2,(H,21,23). The predicted octanol–water partition coefficient (Wildman–Crippen LogP) is 3.04. The molecule has 2 aromatic rings. The van der Waals surface area contributed by atoms with Crippen molar-refractivity contribution in [2.75, 3.05) is 23.4 Å². The Morgan fingerprint density at radius 2 is 1.92 bits per heavy atom. The molecule has 0 radical (unpaired) electrons. The number of amides is 2. The van der Waals surface area contributed by atoms with Gasteiger partial charge in [-0.1, -0.05) is 12.1 Å². The smallest absolute Gasteiger partial charge is 0.387 e. The highest BCUT2D eigenvalue weighted by Crippen LogP contribution is 2.31. The van der Waals surface area contributed by atoms with Gasteiger partial charge in [-0.3, -0.25) is 9.59 Å². The van der Waals surface area contributed by atoms with E-state index in [0.717, 1.165) is 0 Å². The van der Waals surface area contributed by atoms with Crippen molar-refractivity contribution in [2.45, 2.75) is 13.0 Å². The van der Waals surface area contributed by atoms with Crippen LogP contribution in [0.3, 0.4) is 0 Å². The van der Waals surface area contributed by atoms with Crippen molar-refractivity contribution in [1.82, 2.24) is 0 Å². The van der Waals surface area contributed by atoms with Gasteiger partial charge in [-0.25, -0.2) is 0 Å². The van der Waals surface area contributed by atoms with Gasteiger partial charge >= 0.3 is 6.61 Å². The third-order valence-corrected chi connectivity index (χ3v) is 3.73. The first kappa shape index (κ1) is 17.7. The molecule has 3 rings (SSSR count). The maximum atomic E-state index is 12.1. The number of nitrogens with zero attached hydrogens (tertiary/aromatic N) is 1. The molecule has 26 heavy (non-hydrogen) atoms. The molecule has 2 aromatic carbocycles. The monoisotopic (exact) mass is 362 g/mol. The van der Waals surface area contributed by atoms with Crippen LogP contribution in [0.5, 0.6) is 11.5 Å². The van der Waals surface area contributed by atoms with E-state index in [2.05, 4.69) is 10.1 Å². The average Bonchev–Trinajstić information content (AvgIpc) is 2.62. The summed E-state index contributed by atoms with van der Waals surface area (Å²) in [6, 6.07) is 12.7. The largest absolute Gasteiger partial charge is 0.482 e. The Morgan fingerprint density at radius 3 is 2.65 bits per heavy atom. The lowest BCUT2D eigenvalue weighted by Crippen LogP contribution is -2.40. The summed E-state index contributed by atoms with van der Waals surface area (Å²) in [6.07, 6.45) is 0.0787. The van der Waals surface area contributed by atoms with Crippen molar-refractivity contribution in [2.24, 2.45) is 0 Å². The second-order valence-corrected chi connectivity index (χ2v) is 5.50. The zero-order chi connectivity index (χ0) is 18.5. The van der Waals surface area contributed by atoms with Crippen LogP contribution >= 0.6 is 0 Å². The Labute approximate surface area is 148 Å².